The molecule has 0 bridgehead atoms. The molecule has 1 aliphatic rings. The smallest absolute Gasteiger partial charge is 0.292 e. The van der Waals surface area contributed by atoms with Crippen LogP contribution in [0.2, 0.25) is 0 Å². The number of benzene rings is 1. The maximum atomic E-state index is 11.8. The predicted octanol–water partition coefficient (Wildman–Crippen LogP) is 2.46. The van der Waals surface area contributed by atoms with Crippen molar-refractivity contribution in [2.24, 2.45) is 0 Å². The third-order valence-electron chi connectivity index (χ3n) is 3.51. The number of para-hydroxylation sites is 2. The Hall–Kier alpha value is -2.11. The van der Waals surface area contributed by atoms with E-state index >= 15 is 0 Å². The fraction of sp³-hybridized carbons (Fsp3) is 0.500. The predicted molar refractivity (Wildman–Crippen MR) is 76.6 cm³/mol. The van der Waals surface area contributed by atoms with E-state index in [-0.39, 0.29) is 24.2 Å². The lowest BCUT2D eigenvalue weighted by atomic mass is 9.95. The Morgan fingerprint density at radius 1 is 1.25 bits per heavy atom. The van der Waals surface area contributed by atoms with Gasteiger partial charge in [-0.2, -0.15) is 0 Å². The summed E-state index contributed by atoms with van der Waals surface area (Å²) in [5.74, 6) is -0.116. The zero-order valence-electron chi connectivity index (χ0n) is 11.3. The van der Waals surface area contributed by atoms with Crippen molar-refractivity contribution in [3.63, 3.8) is 0 Å². The van der Waals surface area contributed by atoms with Gasteiger partial charge in [0.15, 0.2) is 0 Å². The number of carbonyl (C=O) groups is 1. The molecular weight excluding hydrogens is 258 g/mol. The van der Waals surface area contributed by atoms with E-state index in [1.165, 1.54) is 12.5 Å². The van der Waals surface area contributed by atoms with E-state index < -0.39 is 4.92 Å². The van der Waals surface area contributed by atoms with E-state index in [1.807, 2.05) is 0 Å². The minimum absolute atomic E-state index is 0.0158. The van der Waals surface area contributed by atoms with E-state index in [0.29, 0.717) is 5.69 Å². The van der Waals surface area contributed by atoms with Crippen LogP contribution < -0.4 is 10.6 Å². The van der Waals surface area contributed by atoms with Gasteiger partial charge in [0, 0.05) is 12.1 Å². The van der Waals surface area contributed by atoms with Gasteiger partial charge in [-0.15, -0.1) is 0 Å². The number of nitrogens with zero attached hydrogens (tertiary/aromatic N) is 1. The number of anilines is 1. The molecule has 0 saturated heterocycles. The van der Waals surface area contributed by atoms with Crippen molar-refractivity contribution >= 4 is 17.3 Å². The first-order valence-corrected chi connectivity index (χ1v) is 6.93. The Morgan fingerprint density at radius 3 is 2.65 bits per heavy atom. The normalized spacial score (nSPS) is 15.6. The van der Waals surface area contributed by atoms with E-state index in [4.69, 9.17) is 0 Å². The Morgan fingerprint density at radius 2 is 1.95 bits per heavy atom. The van der Waals surface area contributed by atoms with Crippen molar-refractivity contribution in [3.05, 3.63) is 34.4 Å². The van der Waals surface area contributed by atoms with E-state index in [9.17, 15) is 14.9 Å². The maximum absolute atomic E-state index is 11.8. The molecule has 1 aromatic rings. The van der Waals surface area contributed by atoms with Crippen LogP contribution in [0, 0.1) is 10.1 Å². The monoisotopic (exact) mass is 277 g/mol. The van der Waals surface area contributed by atoms with Crippen LogP contribution >= 0.6 is 0 Å². The number of nitro groups is 1. The highest BCUT2D eigenvalue weighted by Gasteiger charge is 2.17. The molecule has 20 heavy (non-hydrogen) atoms. The first-order chi connectivity index (χ1) is 9.66. The highest BCUT2D eigenvalue weighted by atomic mass is 16.6. The molecule has 108 valence electrons. The molecule has 0 atom stereocenters. The van der Waals surface area contributed by atoms with E-state index in [2.05, 4.69) is 10.6 Å². The van der Waals surface area contributed by atoms with Crippen LogP contribution in [0.4, 0.5) is 11.4 Å². The molecule has 2 N–H and O–H groups in total. The topological polar surface area (TPSA) is 84.3 Å². The summed E-state index contributed by atoms with van der Waals surface area (Å²) in [6.45, 7) is 0.0569. The number of amides is 1. The Kier molecular flexibility index (Phi) is 4.92. The van der Waals surface area contributed by atoms with Crippen molar-refractivity contribution in [2.45, 2.75) is 38.1 Å². The van der Waals surface area contributed by atoms with Gasteiger partial charge in [-0.1, -0.05) is 31.4 Å². The standard InChI is InChI=1S/C14H19N3O3/c18-14(16-11-6-2-1-3-7-11)10-15-12-8-4-5-9-13(12)17(19)20/h4-5,8-9,11,15H,1-3,6-7,10H2,(H,16,18). The van der Waals surface area contributed by atoms with Crippen LogP contribution in [-0.2, 0) is 4.79 Å². The average Bonchev–Trinajstić information content (AvgIpc) is 2.46. The molecule has 0 heterocycles. The van der Waals surface area contributed by atoms with Gasteiger partial charge in [0.1, 0.15) is 5.69 Å². The number of carbonyl (C=O) groups excluding carboxylic acids is 1. The van der Waals surface area contributed by atoms with Gasteiger partial charge in [-0.25, -0.2) is 0 Å². The molecule has 1 aliphatic carbocycles. The number of nitro benzene ring substituents is 1. The largest absolute Gasteiger partial charge is 0.371 e. The lowest BCUT2D eigenvalue weighted by molar-refractivity contribution is -0.383. The molecule has 0 aromatic heterocycles. The molecule has 2 rings (SSSR count). The number of nitrogens with one attached hydrogen (secondary N) is 2. The third-order valence-corrected chi connectivity index (χ3v) is 3.51. The van der Waals surface area contributed by atoms with E-state index in [1.54, 1.807) is 18.2 Å². The van der Waals surface area contributed by atoms with Crippen LogP contribution in [0.1, 0.15) is 32.1 Å². The fourth-order valence-electron chi connectivity index (χ4n) is 2.48. The Labute approximate surface area is 117 Å². The summed E-state index contributed by atoms with van der Waals surface area (Å²) in [6, 6.07) is 6.58. The molecule has 0 spiro atoms. The zero-order valence-corrected chi connectivity index (χ0v) is 11.3. The zero-order chi connectivity index (χ0) is 14.4. The van der Waals surface area contributed by atoms with Crippen LogP contribution in [0.5, 0.6) is 0 Å². The second-order valence-corrected chi connectivity index (χ2v) is 5.03. The summed E-state index contributed by atoms with van der Waals surface area (Å²) in [7, 11) is 0. The van der Waals surface area contributed by atoms with E-state index in [0.717, 1.165) is 25.7 Å². The van der Waals surface area contributed by atoms with Crippen molar-refractivity contribution in [1.29, 1.82) is 0 Å². The molecule has 6 heteroatoms. The third kappa shape index (κ3) is 3.94. The maximum Gasteiger partial charge on any atom is 0.292 e. The molecule has 0 radical (unpaired) electrons. The van der Waals surface area contributed by atoms with Gasteiger partial charge in [0.25, 0.3) is 5.69 Å². The molecule has 1 saturated carbocycles. The minimum atomic E-state index is -0.457. The fourth-order valence-corrected chi connectivity index (χ4v) is 2.48. The number of hydrogen-bond donors (Lipinski definition) is 2. The lowest BCUT2D eigenvalue weighted by Crippen LogP contribution is -2.39. The van der Waals surface area contributed by atoms with Gasteiger partial charge >= 0.3 is 0 Å². The summed E-state index contributed by atoms with van der Waals surface area (Å²) in [5, 5.41) is 16.6. The van der Waals surface area contributed by atoms with Crippen molar-refractivity contribution in [3.8, 4) is 0 Å². The van der Waals surface area contributed by atoms with Crippen LogP contribution in [0.25, 0.3) is 0 Å². The molecule has 0 aliphatic heterocycles. The number of hydrogen-bond acceptors (Lipinski definition) is 4. The van der Waals surface area contributed by atoms with Gasteiger partial charge in [-0.05, 0) is 18.9 Å². The Balaban J connectivity index is 1.85. The second kappa shape index (κ2) is 6.88. The first kappa shape index (κ1) is 14.3. The Bertz CT molecular complexity index is 484. The van der Waals surface area contributed by atoms with Gasteiger partial charge in [0.2, 0.25) is 5.91 Å². The number of rotatable bonds is 5. The minimum Gasteiger partial charge on any atom is -0.371 e. The van der Waals surface area contributed by atoms with Crippen molar-refractivity contribution in [1.82, 2.24) is 5.32 Å². The lowest BCUT2D eigenvalue weighted by Gasteiger charge is -2.22. The van der Waals surface area contributed by atoms with Crippen LogP contribution in [0.3, 0.4) is 0 Å². The van der Waals surface area contributed by atoms with Crippen molar-refractivity contribution in [2.75, 3.05) is 11.9 Å². The summed E-state index contributed by atoms with van der Waals surface area (Å²) in [6.07, 6.45) is 5.60. The average molecular weight is 277 g/mol. The molecule has 0 unspecified atom stereocenters. The molecule has 1 aromatic carbocycles. The van der Waals surface area contributed by atoms with Gasteiger partial charge in [0.05, 0.1) is 11.5 Å². The molecular formula is C14H19N3O3. The second-order valence-electron chi connectivity index (χ2n) is 5.03. The summed E-state index contributed by atoms with van der Waals surface area (Å²) >= 11 is 0. The quantitative estimate of drug-likeness (QED) is 0.639. The van der Waals surface area contributed by atoms with Gasteiger partial charge < -0.3 is 10.6 Å². The summed E-state index contributed by atoms with van der Waals surface area (Å²) in [4.78, 5) is 22.2. The summed E-state index contributed by atoms with van der Waals surface area (Å²) < 4.78 is 0. The van der Waals surface area contributed by atoms with Crippen LogP contribution in [-0.4, -0.2) is 23.4 Å². The van der Waals surface area contributed by atoms with Crippen LogP contribution in [0.15, 0.2) is 24.3 Å². The SMILES string of the molecule is O=C(CNc1ccccc1[N+](=O)[O-])NC1CCCCC1. The summed E-state index contributed by atoms with van der Waals surface area (Å²) in [5.41, 5.74) is 0.356. The van der Waals surface area contributed by atoms with Crippen molar-refractivity contribution < 1.29 is 9.72 Å². The highest BCUT2D eigenvalue weighted by Crippen LogP contribution is 2.22. The molecule has 1 amide bonds. The first-order valence-electron chi connectivity index (χ1n) is 6.93. The molecule has 1 fully saturated rings. The highest BCUT2D eigenvalue weighted by molar-refractivity contribution is 5.81. The van der Waals surface area contributed by atoms with Gasteiger partial charge in [-0.3, -0.25) is 14.9 Å². The molecule has 6 nitrogen and oxygen atoms in total.